The summed E-state index contributed by atoms with van der Waals surface area (Å²) in [5.74, 6) is -3.32. The van der Waals surface area contributed by atoms with Crippen molar-refractivity contribution in [1.29, 1.82) is 0 Å². The van der Waals surface area contributed by atoms with Crippen molar-refractivity contribution < 1.29 is 33.8 Å². The fourth-order valence-electron chi connectivity index (χ4n) is 6.98. The molecule has 11 heteroatoms. The molecule has 3 amide bonds. The highest BCUT2D eigenvalue weighted by atomic mass is 16.6. The lowest BCUT2D eigenvalue weighted by molar-refractivity contribution is -0.159. The number of aliphatic hydroxyl groups excluding tert-OH is 1. The summed E-state index contributed by atoms with van der Waals surface area (Å²) in [4.78, 5) is 59.1. The van der Waals surface area contributed by atoms with Gasteiger partial charge in [-0.05, 0) is 64.3 Å². The third-order valence-corrected chi connectivity index (χ3v) is 8.99. The molecule has 0 radical (unpaired) electrons. The molecule has 2 bridgehead atoms. The molecule has 3 heterocycles. The summed E-state index contributed by atoms with van der Waals surface area (Å²) >= 11 is 0. The fourth-order valence-corrected chi connectivity index (χ4v) is 6.98. The van der Waals surface area contributed by atoms with Crippen molar-refractivity contribution in [2.24, 2.45) is 11.8 Å². The number of nitrogens with one attached hydrogen (secondary N) is 1. The van der Waals surface area contributed by atoms with Crippen LogP contribution in [-0.4, -0.2) is 96.9 Å². The Labute approximate surface area is 259 Å². The fraction of sp³-hybridized carbons (Fsp3) is 0.576. The number of fused-ring (bicyclic) bond motifs is 1. The molecule has 240 valence electrons. The quantitative estimate of drug-likeness (QED) is 0.216. The van der Waals surface area contributed by atoms with Crippen LogP contribution in [-0.2, 0) is 28.7 Å². The van der Waals surface area contributed by atoms with Gasteiger partial charge in [-0.1, -0.05) is 12.2 Å². The highest BCUT2D eigenvalue weighted by Gasteiger charge is 2.75. The zero-order chi connectivity index (χ0) is 32.0. The third kappa shape index (κ3) is 6.25. The number of hydrogen-bond acceptors (Lipinski definition) is 8. The largest absolute Gasteiger partial charge is 0.460 e. The van der Waals surface area contributed by atoms with Crippen molar-refractivity contribution in [3.05, 3.63) is 49.6 Å². The van der Waals surface area contributed by atoms with E-state index in [0.717, 1.165) is 18.8 Å². The Balaban J connectivity index is 1.58. The maximum atomic E-state index is 14.5. The Hall–Kier alpha value is -3.70. The summed E-state index contributed by atoms with van der Waals surface area (Å²) in [6.45, 7) is 14.9. The lowest BCUT2D eigenvalue weighted by Gasteiger charge is -2.36. The van der Waals surface area contributed by atoms with Crippen LogP contribution in [0.3, 0.4) is 0 Å². The Morgan fingerprint density at radius 3 is 2.48 bits per heavy atom. The van der Waals surface area contributed by atoms with Crippen LogP contribution in [0.2, 0.25) is 0 Å². The number of anilines is 2. The lowest BCUT2D eigenvalue weighted by atomic mass is 9.70. The molecular weight excluding hydrogens is 564 g/mol. The summed E-state index contributed by atoms with van der Waals surface area (Å²) in [7, 11) is 0. The average Bonchev–Trinajstić information content (AvgIpc) is 3.66. The maximum absolute atomic E-state index is 14.5. The van der Waals surface area contributed by atoms with Gasteiger partial charge in [-0.2, -0.15) is 0 Å². The van der Waals surface area contributed by atoms with E-state index in [-0.39, 0.29) is 38.1 Å². The molecule has 11 nitrogen and oxygen atoms in total. The van der Waals surface area contributed by atoms with Crippen LogP contribution in [0.15, 0.2) is 49.6 Å². The third-order valence-electron chi connectivity index (χ3n) is 8.99. The van der Waals surface area contributed by atoms with Gasteiger partial charge in [0.2, 0.25) is 11.8 Å². The molecule has 0 unspecified atom stereocenters. The summed E-state index contributed by atoms with van der Waals surface area (Å²) < 4.78 is 12.2. The van der Waals surface area contributed by atoms with Crippen LogP contribution < -0.4 is 15.1 Å². The molecule has 0 saturated carbocycles. The van der Waals surface area contributed by atoms with Gasteiger partial charge in [0, 0.05) is 44.0 Å². The first-order valence-corrected chi connectivity index (χ1v) is 15.6. The van der Waals surface area contributed by atoms with E-state index < -0.39 is 47.6 Å². The van der Waals surface area contributed by atoms with E-state index in [9.17, 15) is 24.3 Å². The Morgan fingerprint density at radius 2 is 1.86 bits per heavy atom. The predicted octanol–water partition coefficient (Wildman–Crippen LogP) is 2.43. The van der Waals surface area contributed by atoms with E-state index in [2.05, 4.69) is 37.2 Å². The van der Waals surface area contributed by atoms with Crippen LogP contribution in [0, 0.1) is 11.8 Å². The lowest BCUT2D eigenvalue weighted by Crippen LogP contribution is -2.56. The minimum atomic E-state index is -1.22. The van der Waals surface area contributed by atoms with E-state index in [1.54, 1.807) is 24.0 Å². The number of carbonyl (C=O) groups excluding carboxylic acids is 4. The van der Waals surface area contributed by atoms with Gasteiger partial charge in [-0.15, -0.1) is 13.2 Å². The average molecular weight is 611 g/mol. The van der Waals surface area contributed by atoms with E-state index >= 15 is 0 Å². The smallest absolute Gasteiger partial charge is 0.312 e. The van der Waals surface area contributed by atoms with Crippen LogP contribution in [0.1, 0.15) is 46.5 Å². The Kier molecular flexibility index (Phi) is 10.9. The number of likely N-dealkylation sites (tertiary alicyclic amines) is 1. The number of amides is 3. The molecular formula is C33H46N4O7. The highest BCUT2D eigenvalue weighted by molar-refractivity contribution is 6.04. The monoisotopic (exact) mass is 610 g/mol. The molecule has 3 saturated heterocycles. The van der Waals surface area contributed by atoms with Crippen LogP contribution in [0.25, 0.3) is 0 Å². The summed E-state index contributed by atoms with van der Waals surface area (Å²) in [6.07, 6.45) is 3.84. The SMILES string of the molecule is C=CCCC(=O)NC[C@@H](C)OC(=O)[C@@H]1[C@@H]2CC[C@]3(O2)[C@H](C(=O)N(CC=C)c2ccc(N(CC)CC)cc2)N(CCO)C(=O)[C@@H]13. The number of nitrogens with zero attached hydrogens (tertiary/aromatic N) is 3. The normalized spacial score (nSPS) is 25.7. The predicted molar refractivity (Wildman–Crippen MR) is 167 cm³/mol. The number of rotatable bonds is 16. The van der Waals surface area contributed by atoms with Crippen molar-refractivity contribution in [2.45, 2.75) is 70.3 Å². The van der Waals surface area contributed by atoms with Gasteiger partial charge in [0.1, 0.15) is 17.7 Å². The number of hydrogen-bond donors (Lipinski definition) is 2. The van der Waals surface area contributed by atoms with Crippen molar-refractivity contribution in [1.82, 2.24) is 10.2 Å². The van der Waals surface area contributed by atoms with Gasteiger partial charge in [-0.3, -0.25) is 19.2 Å². The molecule has 1 spiro atoms. The molecule has 2 N–H and O–H groups in total. The van der Waals surface area contributed by atoms with Crippen molar-refractivity contribution >= 4 is 35.1 Å². The van der Waals surface area contributed by atoms with Gasteiger partial charge < -0.3 is 34.6 Å². The number of esters is 1. The summed E-state index contributed by atoms with van der Waals surface area (Å²) in [5.41, 5.74) is 0.459. The molecule has 44 heavy (non-hydrogen) atoms. The molecule has 6 atom stereocenters. The zero-order valence-corrected chi connectivity index (χ0v) is 26.1. The standard InChI is InChI=1S/C33H46N4O7/c1-6-10-11-26(39)34-21-22(5)43-32(42)27-25-16-17-33(44-25)28(27)30(40)37(19-20-38)29(33)31(41)36(18-7-2)24-14-12-23(13-15-24)35(8-3)9-4/h6-7,12-15,22,25,27-29,38H,1-2,8-11,16-21H2,3-5H3,(H,34,39)/t22-,25+,27-,28-,29+,33-/m1/s1. The van der Waals surface area contributed by atoms with Gasteiger partial charge in [0.25, 0.3) is 5.91 Å². The number of aliphatic hydroxyl groups is 1. The van der Waals surface area contributed by atoms with Crippen LogP contribution in [0.4, 0.5) is 11.4 Å². The van der Waals surface area contributed by atoms with Crippen LogP contribution in [0.5, 0.6) is 0 Å². The number of benzene rings is 1. The van der Waals surface area contributed by atoms with Crippen molar-refractivity contribution in [3.63, 3.8) is 0 Å². The van der Waals surface area contributed by atoms with Gasteiger partial charge >= 0.3 is 5.97 Å². The first-order chi connectivity index (χ1) is 21.2. The minimum absolute atomic E-state index is 0.0702. The van der Waals surface area contributed by atoms with Gasteiger partial charge in [0.05, 0.1) is 31.1 Å². The van der Waals surface area contributed by atoms with Gasteiger partial charge in [-0.25, -0.2) is 0 Å². The Morgan fingerprint density at radius 1 is 1.18 bits per heavy atom. The van der Waals surface area contributed by atoms with E-state index in [1.165, 1.54) is 4.90 Å². The summed E-state index contributed by atoms with van der Waals surface area (Å²) in [5, 5.41) is 12.6. The second-order valence-electron chi connectivity index (χ2n) is 11.6. The summed E-state index contributed by atoms with van der Waals surface area (Å²) in [6, 6.07) is 6.65. The van der Waals surface area contributed by atoms with E-state index in [0.29, 0.717) is 31.4 Å². The molecule has 0 aromatic heterocycles. The highest BCUT2D eigenvalue weighted by Crippen LogP contribution is 2.58. The van der Waals surface area contributed by atoms with Gasteiger partial charge in [0.15, 0.2) is 0 Å². The van der Waals surface area contributed by atoms with Crippen molar-refractivity contribution in [3.8, 4) is 0 Å². The minimum Gasteiger partial charge on any atom is -0.460 e. The molecule has 3 aliphatic heterocycles. The Bertz CT molecular complexity index is 1230. The number of allylic oxidation sites excluding steroid dienone is 1. The molecule has 3 aliphatic rings. The topological polar surface area (TPSA) is 129 Å². The molecule has 3 fully saturated rings. The number of ether oxygens (including phenoxy) is 2. The van der Waals surface area contributed by atoms with Crippen LogP contribution >= 0.6 is 0 Å². The molecule has 0 aliphatic carbocycles. The van der Waals surface area contributed by atoms with Crippen molar-refractivity contribution in [2.75, 3.05) is 49.1 Å². The molecule has 1 aromatic carbocycles. The first kappa shape index (κ1) is 33.2. The van der Waals surface area contributed by atoms with E-state index in [1.807, 2.05) is 24.3 Å². The number of β-amino-alcohol motifs (C(OH)–C–C–N with tert-alkyl or cyclic N) is 1. The maximum Gasteiger partial charge on any atom is 0.312 e. The first-order valence-electron chi connectivity index (χ1n) is 15.6. The second-order valence-corrected chi connectivity index (χ2v) is 11.6. The molecule has 1 aromatic rings. The second kappa shape index (κ2) is 14.4. The zero-order valence-electron chi connectivity index (χ0n) is 26.1. The number of carbonyl (C=O) groups is 4. The van der Waals surface area contributed by atoms with E-state index in [4.69, 9.17) is 9.47 Å². The molecule has 4 rings (SSSR count).